The molecule has 2 unspecified atom stereocenters. The quantitative estimate of drug-likeness (QED) is 0.924. The molecule has 0 aromatic carbocycles. The highest BCUT2D eigenvalue weighted by Crippen LogP contribution is 2.43. The lowest BCUT2D eigenvalue weighted by Gasteiger charge is -2.44. The lowest BCUT2D eigenvalue weighted by molar-refractivity contribution is -0.159. The van der Waals surface area contributed by atoms with Gasteiger partial charge in [-0.2, -0.15) is 0 Å². The maximum atomic E-state index is 10.8. The van der Waals surface area contributed by atoms with Gasteiger partial charge in [-0.1, -0.05) is 0 Å². The van der Waals surface area contributed by atoms with E-state index in [4.69, 9.17) is 14.2 Å². The molecule has 5 nitrogen and oxygen atoms in total. The largest absolute Gasteiger partial charge is 0.495 e. The number of hydrogen-bond donors (Lipinski definition) is 1. The van der Waals surface area contributed by atoms with E-state index in [1.54, 1.807) is 19.5 Å². The molecule has 0 amide bonds. The molecule has 1 aromatic rings. The normalized spacial score (nSPS) is 26.5. The standard InChI is InChI=1S/C16H23NO4/c1-19-14-11-17-6-2-13(14)15(18)12-3-7-21-16(10-12)4-8-20-9-5-16/h2,6,11-12,15,18H,3-5,7-10H2,1H3. The molecule has 5 heteroatoms. The molecule has 0 bridgehead atoms. The summed E-state index contributed by atoms with van der Waals surface area (Å²) in [5, 5.41) is 10.8. The van der Waals surface area contributed by atoms with E-state index in [9.17, 15) is 5.11 Å². The molecule has 0 radical (unpaired) electrons. The van der Waals surface area contributed by atoms with Crippen molar-refractivity contribution in [1.29, 1.82) is 0 Å². The van der Waals surface area contributed by atoms with Gasteiger partial charge in [0.2, 0.25) is 0 Å². The molecule has 1 spiro atoms. The molecular formula is C16H23NO4. The number of methoxy groups -OCH3 is 1. The fourth-order valence-corrected chi connectivity index (χ4v) is 3.49. The predicted octanol–water partition coefficient (Wildman–Crippen LogP) is 2.10. The third-order valence-corrected chi connectivity index (χ3v) is 4.74. The van der Waals surface area contributed by atoms with Crippen LogP contribution in [-0.2, 0) is 9.47 Å². The maximum Gasteiger partial charge on any atom is 0.142 e. The van der Waals surface area contributed by atoms with E-state index in [2.05, 4.69) is 4.98 Å². The van der Waals surface area contributed by atoms with Crippen LogP contribution < -0.4 is 4.74 Å². The van der Waals surface area contributed by atoms with Crippen LogP contribution in [0.4, 0.5) is 0 Å². The molecule has 1 aromatic heterocycles. The second kappa shape index (κ2) is 6.30. The molecule has 1 N–H and O–H groups in total. The van der Waals surface area contributed by atoms with Crippen LogP contribution in [0.2, 0.25) is 0 Å². The summed E-state index contributed by atoms with van der Waals surface area (Å²) in [5.41, 5.74) is 0.712. The monoisotopic (exact) mass is 293 g/mol. The molecule has 21 heavy (non-hydrogen) atoms. The van der Waals surface area contributed by atoms with Crippen LogP contribution in [0.5, 0.6) is 5.75 Å². The van der Waals surface area contributed by atoms with Crippen LogP contribution >= 0.6 is 0 Å². The van der Waals surface area contributed by atoms with Crippen LogP contribution in [0.25, 0.3) is 0 Å². The first-order valence-corrected chi connectivity index (χ1v) is 7.62. The zero-order valence-corrected chi connectivity index (χ0v) is 12.5. The van der Waals surface area contributed by atoms with Gasteiger partial charge in [0.05, 0.1) is 25.0 Å². The van der Waals surface area contributed by atoms with E-state index in [1.165, 1.54) is 0 Å². The first-order valence-electron chi connectivity index (χ1n) is 7.62. The minimum atomic E-state index is -0.536. The fraction of sp³-hybridized carbons (Fsp3) is 0.688. The van der Waals surface area contributed by atoms with Crippen molar-refractivity contribution in [3.05, 3.63) is 24.0 Å². The fourth-order valence-electron chi connectivity index (χ4n) is 3.49. The number of aromatic nitrogens is 1. The highest BCUT2D eigenvalue weighted by atomic mass is 16.5. The average Bonchev–Trinajstić information content (AvgIpc) is 2.55. The molecule has 116 valence electrons. The Labute approximate surface area is 125 Å². The molecule has 0 aliphatic carbocycles. The first-order chi connectivity index (χ1) is 10.2. The van der Waals surface area contributed by atoms with Crippen LogP contribution in [0, 0.1) is 5.92 Å². The van der Waals surface area contributed by atoms with Crippen molar-refractivity contribution in [3.8, 4) is 5.75 Å². The smallest absolute Gasteiger partial charge is 0.142 e. The second-order valence-corrected chi connectivity index (χ2v) is 5.96. The lowest BCUT2D eigenvalue weighted by Crippen LogP contribution is -2.45. The van der Waals surface area contributed by atoms with E-state index >= 15 is 0 Å². The highest BCUT2D eigenvalue weighted by Gasteiger charge is 2.41. The van der Waals surface area contributed by atoms with E-state index in [0.29, 0.717) is 12.4 Å². The van der Waals surface area contributed by atoms with Crippen molar-refractivity contribution < 1.29 is 19.3 Å². The van der Waals surface area contributed by atoms with Crippen molar-refractivity contribution in [2.75, 3.05) is 26.9 Å². The van der Waals surface area contributed by atoms with Gasteiger partial charge < -0.3 is 19.3 Å². The summed E-state index contributed by atoms with van der Waals surface area (Å²) in [6.07, 6.45) is 6.41. The van der Waals surface area contributed by atoms with E-state index in [1.807, 2.05) is 6.07 Å². The van der Waals surface area contributed by atoms with Crippen molar-refractivity contribution in [2.45, 2.75) is 37.4 Å². The Bertz CT molecular complexity index is 468. The molecule has 2 aliphatic heterocycles. The Morgan fingerprint density at radius 3 is 2.95 bits per heavy atom. The highest BCUT2D eigenvalue weighted by molar-refractivity contribution is 5.32. The van der Waals surface area contributed by atoms with Crippen LogP contribution in [0.3, 0.4) is 0 Å². The molecule has 2 saturated heterocycles. The lowest BCUT2D eigenvalue weighted by atomic mass is 9.77. The summed E-state index contributed by atoms with van der Waals surface area (Å²) in [7, 11) is 1.61. The van der Waals surface area contributed by atoms with Gasteiger partial charge in [-0.25, -0.2) is 0 Å². The van der Waals surface area contributed by atoms with Crippen LogP contribution in [0.1, 0.15) is 37.4 Å². The first kappa shape index (κ1) is 14.8. The van der Waals surface area contributed by atoms with Crippen LogP contribution in [0.15, 0.2) is 18.5 Å². The van der Waals surface area contributed by atoms with E-state index in [0.717, 1.165) is 44.5 Å². The Kier molecular flexibility index (Phi) is 4.42. The SMILES string of the molecule is COc1cnccc1C(O)C1CCOC2(CCOCC2)C1. The number of aliphatic hydroxyl groups excluding tert-OH is 1. The number of rotatable bonds is 3. The van der Waals surface area contributed by atoms with Gasteiger partial charge in [-0.15, -0.1) is 0 Å². The van der Waals surface area contributed by atoms with Gasteiger partial charge in [0.25, 0.3) is 0 Å². The van der Waals surface area contributed by atoms with Crippen molar-refractivity contribution in [3.63, 3.8) is 0 Å². The second-order valence-electron chi connectivity index (χ2n) is 5.96. The third-order valence-electron chi connectivity index (χ3n) is 4.74. The molecule has 3 rings (SSSR count). The molecular weight excluding hydrogens is 270 g/mol. The van der Waals surface area contributed by atoms with Gasteiger partial charge >= 0.3 is 0 Å². The molecule has 2 aliphatic rings. The maximum absolute atomic E-state index is 10.8. The summed E-state index contributed by atoms with van der Waals surface area (Å²) in [5.74, 6) is 0.839. The summed E-state index contributed by atoms with van der Waals surface area (Å²) in [6, 6.07) is 1.84. The minimum absolute atomic E-state index is 0.109. The van der Waals surface area contributed by atoms with Gasteiger partial charge in [-0.05, 0) is 37.7 Å². The Morgan fingerprint density at radius 2 is 2.19 bits per heavy atom. The number of nitrogens with zero attached hydrogens (tertiary/aromatic N) is 1. The number of ether oxygens (including phenoxy) is 3. The Hall–Kier alpha value is -1.17. The van der Waals surface area contributed by atoms with Crippen molar-refractivity contribution in [1.82, 2.24) is 4.98 Å². The van der Waals surface area contributed by atoms with Gasteiger partial charge in [0, 0.05) is 31.6 Å². The molecule has 0 saturated carbocycles. The predicted molar refractivity (Wildman–Crippen MR) is 77.2 cm³/mol. The molecule has 2 fully saturated rings. The van der Waals surface area contributed by atoms with Crippen molar-refractivity contribution >= 4 is 0 Å². The van der Waals surface area contributed by atoms with Gasteiger partial charge in [-0.3, -0.25) is 4.98 Å². The zero-order valence-electron chi connectivity index (χ0n) is 12.5. The average molecular weight is 293 g/mol. The summed E-state index contributed by atoms with van der Waals surface area (Å²) in [6.45, 7) is 2.21. The minimum Gasteiger partial charge on any atom is -0.495 e. The van der Waals surface area contributed by atoms with Crippen LogP contribution in [-0.4, -0.2) is 42.6 Å². The van der Waals surface area contributed by atoms with Crippen molar-refractivity contribution in [2.24, 2.45) is 5.92 Å². The number of aliphatic hydroxyl groups is 1. The number of pyridine rings is 1. The van der Waals surface area contributed by atoms with E-state index in [-0.39, 0.29) is 11.5 Å². The van der Waals surface area contributed by atoms with E-state index < -0.39 is 6.10 Å². The molecule has 2 atom stereocenters. The van der Waals surface area contributed by atoms with Gasteiger partial charge in [0.15, 0.2) is 0 Å². The number of hydrogen-bond acceptors (Lipinski definition) is 5. The third kappa shape index (κ3) is 3.05. The summed E-state index contributed by atoms with van der Waals surface area (Å²) >= 11 is 0. The van der Waals surface area contributed by atoms with Gasteiger partial charge in [0.1, 0.15) is 5.75 Å². The summed E-state index contributed by atoms with van der Waals surface area (Å²) < 4.78 is 16.8. The zero-order chi connectivity index (χ0) is 14.7. The Balaban J connectivity index is 1.76. The summed E-state index contributed by atoms with van der Waals surface area (Å²) in [4.78, 5) is 4.05. The topological polar surface area (TPSA) is 60.8 Å². The Morgan fingerprint density at radius 1 is 1.38 bits per heavy atom. The molecule has 3 heterocycles.